The summed E-state index contributed by atoms with van der Waals surface area (Å²) in [6, 6.07) is 6.93. The van der Waals surface area contributed by atoms with E-state index >= 15 is 0 Å². The summed E-state index contributed by atoms with van der Waals surface area (Å²) in [5.74, 6) is -0.487. The fourth-order valence-corrected chi connectivity index (χ4v) is 1.54. The average molecular weight is 212 g/mol. The molecule has 0 aromatic heterocycles. The summed E-state index contributed by atoms with van der Waals surface area (Å²) >= 11 is 5.54. The van der Waals surface area contributed by atoms with Crippen molar-refractivity contribution in [2.24, 2.45) is 0 Å². The Kier molecular flexibility index (Phi) is 4.47. The van der Waals surface area contributed by atoms with Gasteiger partial charge in [0.25, 0.3) is 0 Å². The van der Waals surface area contributed by atoms with Crippen LogP contribution in [-0.4, -0.2) is 11.8 Å². The van der Waals surface area contributed by atoms with Gasteiger partial charge in [0.2, 0.25) is 0 Å². The number of hydrogen-bond donors (Lipinski definition) is 0. The lowest BCUT2D eigenvalue weighted by Gasteiger charge is -2.09. The molecule has 3 heteroatoms. The monoisotopic (exact) mass is 211 g/mol. The molecule has 1 rings (SSSR count). The van der Waals surface area contributed by atoms with E-state index in [4.69, 9.17) is 11.6 Å². The van der Waals surface area contributed by atoms with Gasteiger partial charge in [0.15, 0.2) is 0 Å². The van der Waals surface area contributed by atoms with Crippen molar-refractivity contribution in [1.29, 1.82) is 0 Å². The number of hydrogen-bond acceptors (Lipinski definition) is 2. The van der Waals surface area contributed by atoms with E-state index in [0.29, 0.717) is 11.4 Å². The molecule has 0 saturated heterocycles. The highest BCUT2D eigenvalue weighted by atomic mass is 35.5. The lowest BCUT2D eigenvalue weighted by atomic mass is 10.0. The van der Waals surface area contributed by atoms with Gasteiger partial charge in [0.05, 0.1) is 5.97 Å². The molecule has 0 spiro atoms. The Morgan fingerprint density at radius 1 is 1.29 bits per heavy atom. The number of carboxylic acid groups (broad SMARTS) is 1. The molecule has 0 fully saturated rings. The number of carbonyl (C=O) groups excluding carboxylic acids is 1. The van der Waals surface area contributed by atoms with Gasteiger partial charge in [-0.25, -0.2) is 0 Å². The van der Waals surface area contributed by atoms with Crippen LogP contribution in [0.25, 0.3) is 0 Å². The number of alkyl halides is 1. The molecule has 0 aliphatic rings. The number of aryl methyl sites for hydroxylation is 1. The summed E-state index contributed by atoms with van der Waals surface area (Å²) in [5.41, 5.74) is 1.12. The van der Waals surface area contributed by atoms with E-state index in [2.05, 4.69) is 0 Å². The molecule has 14 heavy (non-hydrogen) atoms. The first-order valence-electron chi connectivity index (χ1n) is 4.61. The standard InChI is InChI=1S/C11H13ClO2/c12-8-4-3-6-9-5-1-2-7-10(9)11(13)14/h1-2,5,7H,3-4,6,8H2,(H,13,14)/p-1. The molecular formula is C11H12ClO2-. The highest BCUT2D eigenvalue weighted by Crippen LogP contribution is 2.11. The smallest absolute Gasteiger partial charge is 0.0718 e. The van der Waals surface area contributed by atoms with Crippen molar-refractivity contribution in [3.63, 3.8) is 0 Å². The molecule has 0 aliphatic heterocycles. The highest BCUT2D eigenvalue weighted by molar-refractivity contribution is 6.17. The molecule has 0 aliphatic carbocycles. The van der Waals surface area contributed by atoms with Crippen molar-refractivity contribution in [3.8, 4) is 0 Å². The predicted molar refractivity (Wildman–Crippen MR) is 54.4 cm³/mol. The minimum atomic E-state index is -1.11. The summed E-state index contributed by atoms with van der Waals surface area (Å²) < 4.78 is 0. The van der Waals surface area contributed by atoms with E-state index in [1.54, 1.807) is 12.1 Å². The maximum atomic E-state index is 10.7. The molecule has 0 atom stereocenters. The first-order chi connectivity index (χ1) is 6.75. The van der Waals surface area contributed by atoms with Gasteiger partial charge in [-0.05, 0) is 24.8 Å². The van der Waals surface area contributed by atoms with E-state index in [0.717, 1.165) is 24.8 Å². The number of benzene rings is 1. The molecule has 0 bridgehead atoms. The third-order valence-electron chi connectivity index (χ3n) is 2.07. The van der Waals surface area contributed by atoms with E-state index < -0.39 is 5.97 Å². The maximum absolute atomic E-state index is 10.7. The minimum absolute atomic E-state index is 0.294. The van der Waals surface area contributed by atoms with Gasteiger partial charge in [0, 0.05) is 11.4 Å². The second kappa shape index (κ2) is 5.66. The minimum Gasteiger partial charge on any atom is -0.545 e. The molecule has 0 saturated carbocycles. The lowest BCUT2D eigenvalue weighted by Crippen LogP contribution is -2.23. The topological polar surface area (TPSA) is 40.1 Å². The first kappa shape index (κ1) is 11.1. The summed E-state index contributed by atoms with van der Waals surface area (Å²) in [4.78, 5) is 10.7. The first-order valence-corrected chi connectivity index (χ1v) is 5.14. The Morgan fingerprint density at radius 3 is 2.64 bits per heavy atom. The van der Waals surface area contributed by atoms with Crippen molar-refractivity contribution in [2.45, 2.75) is 19.3 Å². The van der Waals surface area contributed by atoms with Crippen LogP contribution in [0.5, 0.6) is 0 Å². The molecule has 76 valence electrons. The molecule has 0 N–H and O–H groups in total. The van der Waals surface area contributed by atoms with Crippen LogP contribution in [0, 0.1) is 0 Å². The summed E-state index contributed by atoms with van der Waals surface area (Å²) in [6.45, 7) is 0. The molecule has 0 heterocycles. The van der Waals surface area contributed by atoms with Gasteiger partial charge in [-0.2, -0.15) is 0 Å². The van der Waals surface area contributed by atoms with Crippen LogP contribution >= 0.6 is 11.6 Å². The zero-order valence-electron chi connectivity index (χ0n) is 7.83. The van der Waals surface area contributed by atoms with Crippen LogP contribution < -0.4 is 5.11 Å². The highest BCUT2D eigenvalue weighted by Gasteiger charge is 2.01. The van der Waals surface area contributed by atoms with Gasteiger partial charge >= 0.3 is 0 Å². The molecular weight excluding hydrogens is 200 g/mol. The number of aromatic carboxylic acids is 1. The summed E-state index contributed by atoms with van der Waals surface area (Å²) in [7, 11) is 0. The second-order valence-corrected chi connectivity index (χ2v) is 3.47. The van der Waals surface area contributed by atoms with Gasteiger partial charge in [-0.3, -0.25) is 0 Å². The lowest BCUT2D eigenvalue weighted by molar-refractivity contribution is -0.255. The normalized spacial score (nSPS) is 10.1. The fourth-order valence-electron chi connectivity index (χ4n) is 1.35. The largest absolute Gasteiger partial charge is 0.545 e. The predicted octanol–water partition coefficient (Wildman–Crippen LogP) is 1.61. The van der Waals surface area contributed by atoms with Crippen LogP contribution in [-0.2, 0) is 6.42 Å². The third-order valence-corrected chi connectivity index (χ3v) is 2.33. The Morgan fingerprint density at radius 2 is 2.00 bits per heavy atom. The average Bonchev–Trinajstić information content (AvgIpc) is 2.19. The number of rotatable bonds is 5. The van der Waals surface area contributed by atoms with Crippen LogP contribution in [0.1, 0.15) is 28.8 Å². The fraction of sp³-hybridized carbons (Fsp3) is 0.364. The van der Waals surface area contributed by atoms with Gasteiger partial charge in [-0.15, -0.1) is 11.6 Å². The van der Waals surface area contributed by atoms with Crippen LogP contribution in [0.4, 0.5) is 0 Å². The quantitative estimate of drug-likeness (QED) is 0.549. The Balaban J connectivity index is 2.69. The zero-order valence-corrected chi connectivity index (χ0v) is 8.59. The van der Waals surface area contributed by atoms with Crippen molar-refractivity contribution in [3.05, 3.63) is 35.4 Å². The van der Waals surface area contributed by atoms with Crippen molar-refractivity contribution < 1.29 is 9.90 Å². The van der Waals surface area contributed by atoms with Crippen LogP contribution in [0.15, 0.2) is 24.3 Å². The third kappa shape index (κ3) is 3.04. The molecule has 0 amide bonds. The Hall–Kier alpha value is -1.02. The van der Waals surface area contributed by atoms with E-state index in [1.165, 1.54) is 0 Å². The summed E-state index contributed by atoms with van der Waals surface area (Å²) in [6.07, 6.45) is 2.56. The number of unbranched alkanes of at least 4 members (excludes halogenated alkanes) is 1. The van der Waals surface area contributed by atoms with Crippen molar-refractivity contribution >= 4 is 17.6 Å². The Bertz CT molecular complexity index is 310. The summed E-state index contributed by atoms with van der Waals surface area (Å²) in [5, 5.41) is 10.7. The van der Waals surface area contributed by atoms with E-state index in [1.807, 2.05) is 12.1 Å². The van der Waals surface area contributed by atoms with Gasteiger partial charge < -0.3 is 9.90 Å². The van der Waals surface area contributed by atoms with Gasteiger partial charge in [0.1, 0.15) is 0 Å². The molecule has 0 unspecified atom stereocenters. The SMILES string of the molecule is O=C([O-])c1ccccc1CCCCCl. The van der Waals surface area contributed by atoms with E-state index in [-0.39, 0.29) is 0 Å². The van der Waals surface area contributed by atoms with Crippen LogP contribution in [0.2, 0.25) is 0 Å². The second-order valence-electron chi connectivity index (χ2n) is 3.09. The van der Waals surface area contributed by atoms with Crippen molar-refractivity contribution in [1.82, 2.24) is 0 Å². The zero-order chi connectivity index (χ0) is 10.4. The van der Waals surface area contributed by atoms with Crippen LogP contribution in [0.3, 0.4) is 0 Å². The van der Waals surface area contributed by atoms with Crippen molar-refractivity contribution in [2.75, 3.05) is 5.88 Å². The molecule has 0 radical (unpaired) electrons. The molecule has 1 aromatic carbocycles. The molecule has 1 aromatic rings. The number of carboxylic acids is 1. The van der Waals surface area contributed by atoms with E-state index in [9.17, 15) is 9.90 Å². The maximum Gasteiger partial charge on any atom is 0.0718 e. The molecule has 2 nitrogen and oxygen atoms in total. The Labute approximate surface area is 88.5 Å². The van der Waals surface area contributed by atoms with Gasteiger partial charge in [-0.1, -0.05) is 24.3 Å². The number of carbonyl (C=O) groups is 1. The number of halogens is 1.